The highest BCUT2D eigenvalue weighted by Gasteiger charge is 2.56. The van der Waals surface area contributed by atoms with Crippen LogP contribution in [0.25, 0.3) is 0 Å². The Morgan fingerprint density at radius 1 is 1.16 bits per heavy atom. The number of nitrogens with one attached hydrogen (secondary N) is 1. The van der Waals surface area contributed by atoms with Gasteiger partial charge in [-0.1, -0.05) is 18.2 Å². The molecule has 0 aliphatic rings. The summed E-state index contributed by atoms with van der Waals surface area (Å²) in [5, 5.41) is 10.2. The lowest BCUT2D eigenvalue weighted by atomic mass is 10.2. The lowest BCUT2D eigenvalue weighted by Crippen LogP contribution is -2.47. The highest BCUT2D eigenvalue weighted by molar-refractivity contribution is 5.84. The predicted octanol–water partition coefficient (Wildman–Crippen LogP) is 2.50. The van der Waals surface area contributed by atoms with Crippen molar-refractivity contribution in [3.05, 3.63) is 30.3 Å². The third kappa shape index (κ3) is 4.09. The zero-order valence-corrected chi connectivity index (χ0v) is 9.58. The van der Waals surface area contributed by atoms with Gasteiger partial charge in [-0.15, -0.1) is 0 Å². The Morgan fingerprint density at radius 3 is 2.26 bits per heavy atom. The standard InChI is InChI=1S/C11H11F4NO3/c12-10(13,6-17)11(14,15)7-19-9(18)16-8-4-2-1-3-5-8/h1-5,17H,6-7H2,(H,16,18). The summed E-state index contributed by atoms with van der Waals surface area (Å²) >= 11 is 0. The second kappa shape index (κ2) is 5.87. The van der Waals surface area contributed by atoms with E-state index in [0.717, 1.165) is 0 Å². The number of hydrogen-bond donors (Lipinski definition) is 2. The predicted molar refractivity (Wildman–Crippen MR) is 58.4 cm³/mol. The van der Waals surface area contributed by atoms with Gasteiger partial charge in [0.05, 0.1) is 0 Å². The molecule has 0 aromatic heterocycles. The van der Waals surface area contributed by atoms with Crippen LogP contribution in [0.2, 0.25) is 0 Å². The van der Waals surface area contributed by atoms with Gasteiger partial charge in [0.25, 0.3) is 0 Å². The van der Waals surface area contributed by atoms with E-state index >= 15 is 0 Å². The molecule has 0 saturated carbocycles. The first-order valence-electron chi connectivity index (χ1n) is 5.14. The maximum atomic E-state index is 12.9. The van der Waals surface area contributed by atoms with E-state index in [1.54, 1.807) is 18.2 Å². The molecule has 2 N–H and O–H groups in total. The number of hydrogen-bond acceptors (Lipinski definition) is 3. The van der Waals surface area contributed by atoms with E-state index in [9.17, 15) is 22.4 Å². The average Bonchev–Trinajstić information content (AvgIpc) is 2.37. The van der Waals surface area contributed by atoms with Crippen LogP contribution in [0.3, 0.4) is 0 Å². The summed E-state index contributed by atoms with van der Waals surface area (Å²) in [6, 6.07) is 7.73. The Bertz CT molecular complexity index is 425. The van der Waals surface area contributed by atoms with Gasteiger partial charge in [0, 0.05) is 5.69 Å². The highest BCUT2D eigenvalue weighted by Crippen LogP contribution is 2.33. The molecule has 19 heavy (non-hydrogen) atoms. The van der Waals surface area contributed by atoms with Crippen LogP contribution in [0.5, 0.6) is 0 Å². The SMILES string of the molecule is O=C(Nc1ccccc1)OCC(F)(F)C(F)(F)CO. The van der Waals surface area contributed by atoms with Crippen molar-refractivity contribution in [2.45, 2.75) is 11.8 Å². The van der Waals surface area contributed by atoms with E-state index < -0.39 is 31.2 Å². The summed E-state index contributed by atoms with van der Waals surface area (Å²) in [6.07, 6.45) is -1.29. The maximum Gasteiger partial charge on any atom is 0.411 e. The first kappa shape index (κ1) is 15.2. The summed E-state index contributed by atoms with van der Waals surface area (Å²) in [5.41, 5.74) is 0.268. The lowest BCUT2D eigenvalue weighted by Gasteiger charge is -2.24. The van der Waals surface area contributed by atoms with Crippen molar-refractivity contribution in [1.29, 1.82) is 0 Å². The Labute approximate surface area is 106 Å². The van der Waals surface area contributed by atoms with Gasteiger partial charge in [0.2, 0.25) is 0 Å². The number of amides is 1. The fraction of sp³-hybridized carbons (Fsp3) is 0.364. The molecule has 0 saturated heterocycles. The summed E-state index contributed by atoms with van der Waals surface area (Å²) in [7, 11) is 0. The summed E-state index contributed by atoms with van der Waals surface area (Å²) in [4.78, 5) is 11.1. The van der Waals surface area contributed by atoms with Crippen molar-refractivity contribution in [1.82, 2.24) is 0 Å². The van der Waals surface area contributed by atoms with Gasteiger partial charge in [0.15, 0.2) is 6.61 Å². The molecule has 1 aromatic carbocycles. The quantitative estimate of drug-likeness (QED) is 0.815. The fourth-order valence-corrected chi connectivity index (χ4v) is 1.05. The Balaban J connectivity index is 2.51. The molecule has 106 valence electrons. The fourth-order valence-electron chi connectivity index (χ4n) is 1.05. The number of aliphatic hydroxyl groups is 1. The molecule has 0 unspecified atom stereocenters. The Morgan fingerprint density at radius 2 is 1.74 bits per heavy atom. The molecule has 0 fully saturated rings. The number of halogens is 4. The number of ether oxygens (including phenoxy) is 1. The molecule has 0 atom stereocenters. The number of alkyl halides is 4. The molecule has 1 aromatic rings. The first-order chi connectivity index (χ1) is 8.78. The van der Waals surface area contributed by atoms with Crippen LogP contribution in [-0.4, -0.2) is 36.3 Å². The largest absolute Gasteiger partial charge is 0.443 e. The molecule has 0 aliphatic carbocycles. The molecule has 0 aliphatic heterocycles. The van der Waals surface area contributed by atoms with E-state index in [1.807, 2.05) is 0 Å². The minimum Gasteiger partial charge on any atom is -0.443 e. The number of para-hydroxylation sites is 1. The lowest BCUT2D eigenvalue weighted by molar-refractivity contribution is -0.238. The molecule has 0 spiro atoms. The van der Waals surface area contributed by atoms with Gasteiger partial charge in [-0.05, 0) is 12.1 Å². The second-order valence-corrected chi connectivity index (χ2v) is 3.63. The third-order valence-electron chi connectivity index (χ3n) is 2.14. The van der Waals surface area contributed by atoms with Crippen LogP contribution in [0, 0.1) is 0 Å². The number of carbonyl (C=O) groups is 1. The number of benzene rings is 1. The van der Waals surface area contributed by atoms with Gasteiger partial charge in [0.1, 0.15) is 6.61 Å². The van der Waals surface area contributed by atoms with E-state index in [2.05, 4.69) is 10.1 Å². The summed E-state index contributed by atoms with van der Waals surface area (Å²) in [5.74, 6) is -9.30. The van der Waals surface area contributed by atoms with Crippen LogP contribution >= 0.6 is 0 Å². The number of rotatable bonds is 5. The minimum atomic E-state index is -4.65. The van der Waals surface area contributed by atoms with Crippen LogP contribution in [0.4, 0.5) is 28.0 Å². The van der Waals surface area contributed by atoms with Crippen LogP contribution < -0.4 is 5.32 Å². The van der Waals surface area contributed by atoms with Crippen molar-refractivity contribution in [2.75, 3.05) is 18.5 Å². The minimum absolute atomic E-state index is 0.268. The van der Waals surface area contributed by atoms with Crippen LogP contribution in [0.15, 0.2) is 30.3 Å². The molecule has 0 radical (unpaired) electrons. The van der Waals surface area contributed by atoms with Gasteiger partial charge in [-0.3, -0.25) is 5.32 Å². The molecule has 8 heteroatoms. The topological polar surface area (TPSA) is 58.6 Å². The van der Waals surface area contributed by atoms with Crippen molar-refractivity contribution < 1.29 is 32.2 Å². The van der Waals surface area contributed by atoms with Gasteiger partial charge in [-0.25, -0.2) is 4.79 Å². The van der Waals surface area contributed by atoms with Crippen molar-refractivity contribution in [3.8, 4) is 0 Å². The zero-order chi connectivity index (χ0) is 14.5. The Hall–Kier alpha value is -1.83. The molecule has 1 rings (SSSR count). The smallest absolute Gasteiger partial charge is 0.411 e. The number of anilines is 1. The van der Waals surface area contributed by atoms with Crippen LogP contribution in [-0.2, 0) is 4.74 Å². The van der Waals surface area contributed by atoms with E-state index in [0.29, 0.717) is 0 Å². The van der Waals surface area contributed by atoms with Crippen molar-refractivity contribution in [2.24, 2.45) is 0 Å². The monoisotopic (exact) mass is 281 g/mol. The summed E-state index contributed by atoms with van der Waals surface area (Å²) in [6.45, 7) is -3.87. The van der Waals surface area contributed by atoms with Gasteiger partial charge < -0.3 is 9.84 Å². The molecule has 0 heterocycles. The maximum absolute atomic E-state index is 12.9. The number of aliphatic hydroxyl groups excluding tert-OH is 1. The molecule has 1 amide bonds. The zero-order valence-electron chi connectivity index (χ0n) is 9.58. The highest BCUT2D eigenvalue weighted by atomic mass is 19.3. The Kier molecular flexibility index (Phi) is 4.71. The van der Waals surface area contributed by atoms with Crippen molar-refractivity contribution in [3.63, 3.8) is 0 Å². The van der Waals surface area contributed by atoms with E-state index in [-0.39, 0.29) is 5.69 Å². The normalized spacial score (nSPS) is 12.1. The van der Waals surface area contributed by atoms with E-state index in [4.69, 9.17) is 5.11 Å². The first-order valence-corrected chi connectivity index (χ1v) is 5.14. The van der Waals surface area contributed by atoms with Gasteiger partial charge >= 0.3 is 17.9 Å². The third-order valence-corrected chi connectivity index (χ3v) is 2.14. The second-order valence-electron chi connectivity index (χ2n) is 3.63. The number of carbonyl (C=O) groups excluding carboxylic acids is 1. The van der Waals surface area contributed by atoms with Crippen molar-refractivity contribution >= 4 is 11.8 Å². The molecule has 4 nitrogen and oxygen atoms in total. The van der Waals surface area contributed by atoms with Gasteiger partial charge in [-0.2, -0.15) is 17.6 Å². The molecule has 0 bridgehead atoms. The molecular weight excluding hydrogens is 270 g/mol. The average molecular weight is 281 g/mol. The molecular formula is C11H11F4NO3. The van der Waals surface area contributed by atoms with E-state index in [1.165, 1.54) is 12.1 Å². The van der Waals surface area contributed by atoms with Crippen LogP contribution in [0.1, 0.15) is 0 Å². The summed E-state index contributed by atoms with van der Waals surface area (Å²) < 4.78 is 55.0.